The van der Waals surface area contributed by atoms with Crippen molar-refractivity contribution in [1.29, 1.82) is 0 Å². The molecule has 0 aromatic rings. The Labute approximate surface area is 202 Å². The van der Waals surface area contributed by atoms with Crippen LogP contribution in [-0.2, 0) is 9.47 Å². The van der Waals surface area contributed by atoms with Crippen molar-refractivity contribution >= 4 is 0 Å². The van der Waals surface area contributed by atoms with Crippen LogP contribution in [0.2, 0.25) is 0 Å². The molecule has 0 spiro atoms. The van der Waals surface area contributed by atoms with Crippen molar-refractivity contribution in [1.82, 2.24) is 0 Å². The van der Waals surface area contributed by atoms with E-state index in [-0.39, 0.29) is 6.29 Å². The zero-order chi connectivity index (χ0) is 23.4. The first-order valence-corrected chi connectivity index (χ1v) is 14.4. The van der Waals surface area contributed by atoms with E-state index < -0.39 is 0 Å². The first kappa shape index (κ1) is 31.4. The number of rotatable bonds is 27. The monoisotopic (exact) mass is 450 g/mol. The molecule has 0 bridgehead atoms. The Bertz CT molecular complexity index is 359. The second-order valence-electron chi connectivity index (χ2n) is 9.42. The van der Waals surface area contributed by atoms with Crippen molar-refractivity contribution in [3.05, 3.63) is 24.8 Å². The van der Waals surface area contributed by atoms with Crippen LogP contribution in [0.1, 0.15) is 149 Å². The molecule has 2 nitrogen and oxygen atoms in total. The normalized spacial score (nSPS) is 11.7. The van der Waals surface area contributed by atoms with Crippen molar-refractivity contribution in [2.75, 3.05) is 13.2 Å². The summed E-state index contributed by atoms with van der Waals surface area (Å²) in [6.07, 6.45) is 33.5. The van der Waals surface area contributed by atoms with Gasteiger partial charge in [-0.3, -0.25) is 0 Å². The third kappa shape index (κ3) is 25.7. The molecule has 0 aliphatic rings. The molecule has 0 heterocycles. The van der Waals surface area contributed by atoms with E-state index in [1.165, 1.54) is 128 Å². The Morgan fingerprint density at radius 2 is 1.00 bits per heavy atom. The van der Waals surface area contributed by atoms with Gasteiger partial charge in [0.2, 0.25) is 0 Å². The molecular formula is C30H58O2. The van der Waals surface area contributed by atoms with Gasteiger partial charge in [0.15, 0.2) is 6.29 Å². The molecule has 0 unspecified atom stereocenters. The first-order valence-electron chi connectivity index (χ1n) is 14.4. The number of allylic oxidation sites excluding steroid dienone is 3. The highest BCUT2D eigenvalue weighted by Gasteiger charge is 2.09. The summed E-state index contributed by atoms with van der Waals surface area (Å²) in [6, 6.07) is 0. The van der Waals surface area contributed by atoms with E-state index in [1.54, 1.807) is 0 Å². The van der Waals surface area contributed by atoms with E-state index in [9.17, 15) is 0 Å². The molecule has 0 radical (unpaired) electrons. The second-order valence-corrected chi connectivity index (χ2v) is 9.42. The summed E-state index contributed by atoms with van der Waals surface area (Å²) in [5, 5.41) is 0. The number of hydrogen-bond acceptors (Lipinski definition) is 2. The van der Waals surface area contributed by atoms with Crippen molar-refractivity contribution < 1.29 is 9.47 Å². The van der Waals surface area contributed by atoms with Crippen LogP contribution >= 0.6 is 0 Å². The summed E-state index contributed by atoms with van der Waals surface area (Å²) in [6.45, 7) is 10.0. The van der Waals surface area contributed by atoms with E-state index in [1.807, 2.05) is 6.08 Å². The van der Waals surface area contributed by atoms with E-state index in [0.717, 1.165) is 19.6 Å². The molecule has 2 heteroatoms. The summed E-state index contributed by atoms with van der Waals surface area (Å²) in [5.74, 6) is 0. The lowest BCUT2D eigenvalue weighted by atomic mass is 10.1. The van der Waals surface area contributed by atoms with Crippen molar-refractivity contribution in [3.63, 3.8) is 0 Å². The topological polar surface area (TPSA) is 18.5 Å². The van der Waals surface area contributed by atoms with Crippen LogP contribution in [0, 0.1) is 0 Å². The van der Waals surface area contributed by atoms with Gasteiger partial charge in [-0.2, -0.15) is 0 Å². The van der Waals surface area contributed by atoms with Gasteiger partial charge in [0.25, 0.3) is 0 Å². The highest BCUT2D eigenvalue weighted by molar-refractivity contribution is 4.96. The maximum absolute atomic E-state index is 6.15. The molecule has 0 amide bonds. The lowest BCUT2D eigenvalue weighted by molar-refractivity contribution is -0.148. The lowest BCUT2D eigenvalue weighted by Gasteiger charge is -2.19. The Balaban J connectivity index is 3.82. The third-order valence-corrected chi connectivity index (χ3v) is 6.19. The van der Waals surface area contributed by atoms with Gasteiger partial charge in [0, 0.05) is 13.2 Å². The van der Waals surface area contributed by atoms with Crippen LogP contribution in [0.3, 0.4) is 0 Å². The van der Waals surface area contributed by atoms with Crippen molar-refractivity contribution in [3.8, 4) is 0 Å². The Kier molecular flexibility index (Phi) is 27.9. The number of hydrogen-bond donors (Lipinski definition) is 0. The molecule has 0 fully saturated rings. The zero-order valence-electron chi connectivity index (χ0n) is 22.1. The highest BCUT2D eigenvalue weighted by atomic mass is 16.7. The molecule has 0 rings (SSSR count). The van der Waals surface area contributed by atoms with Crippen molar-refractivity contribution in [2.45, 2.75) is 155 Å². The van der Waals surface area contributed by atoms with Gasteiger partial charge in [-0.1, -0.05) is 135 Å². The minimum absolute atomic E-state index is 0.0259. The largest absolute Gasteiger partial charge is 0.353 e. The van der Waals surface area contributed by atoms with Crippen LogP contribution in [0.4, 0.5) is 0 Å². The first-order chi connectivity index (χ1) is 15.8. The number of unbranched alkanes of at least 4 members (excludes halogenated alkanes) is 17. The Morgan fingerprint density at radius 1 is 0.562 bits per heavy atom. The molecule has 190 valence electrons. The lowest BCUT2D eigenvalue weighted by Crippen LogP contribution is -2.19. The quantitative estimate of drug-likeness (QED) is 0.0703. The molecule has 0 aliphatic heterocycles. The van der Waals surface area contributed by atoms with Gasteiger partial charge in [-0.15, -0.1) is 0 Å². The third-order valence-electron chi connectivity index (χ3n) is 6.19. The zero-order valence-corrected chi connectivity index (χ0v) is 22.1. The minimum atomic E-state index is 0.0259. The summed E-state index contributed by atoms with van der Waals surface area (Å²) >= 11 is 0. The molecular weight excluding hydrogens is 392 g/mol. The number of ether oxygens (including phenoxy) is 2. The van der Waals surface area contributed by atoms with Gasteiger partial charge < -0.3 is 9.47 Å². The molecule has 32 heavy (non-hydrogen) atoms. The van der Waals surface area contributed by atoms with Crippen LogP contribution < -0.4 is 0 Å². The predicted molar refractivity (Wildman–Crippen MR) is 143 cm³/mol. The molecule has 0 atom stereocenters. The average Bonchev–Trinajstić information content (AvgIpc) is 2.80. The molecule has 0 saturated heterocycles. The average molecular weight is 451 g/mol. The maximum atomic E-state index is 6.15. The van der Waals surface area contributed by atoms with Gasteiger partial charge in [0.05, 0.1) is 0 Å². The molecule has 0 N–H and O–H groups in total. The van der Waals surface area contributed by atoms with E-state index in [4.69, 9.17) is 9.47 Å². The summed E-state index contributed by atoms with van der Waals surface area (Å²) in [5.41, 5.74) is 0. The minimum Gasteiger partial charge on any atom is -0.353 e. The smallest absolute Gasteiger partial charge is 0.157 e. The van der Waals surface area contributed by atoms with Gasteiger partial charge in [-0.25, -0.2) is 0 Å². The molecule has 0 aromatic heterocycles. The Hall–Kier alpha value is -0.600. The molecule has 0 aliphatic carbocycles. The van der Waals surface area contributed by atoms with Crippen LogP contribution in [0.15, 0.2) is 24.8 Å². The molecule has 0 saturated carbocycles. The second kappa shape index (κ2) is 28.4. The SMILES string of the molecule is C=C/C=C/CCCCCCCCCC(OCCCCCCCC)OCCCCCCCC. The van der Waals surface area contributed by atoms with Crippen molar-refractivity contribution in [2.24, 2.45) is 0 Å². The van der Waals surface area contributed by atoms with Gasteiger partial charge in [-0.05, 0) is 38.5 Å². The maximum Gasteiger partial charge on any atom is 0.157 e. The fourth-order valence-electron chi connectivity index (χ4n) is 4.06. The standard InChI is InChI=1S/C30H58O2/c1-4-7-10-13-16-17-18-19-20-21-24-27-30(31-28-25-22-14-11-8-5-2)32-29-26-23-15-12-9-6-3/h4,7,10,30H,1,5-6,8-9,11-29H2,2-3H3/b10-7+. The van der Waals surface area contributed by atoms with Gasteiger partial charge >= 0.3 is 0 Å². The highest BCUT2D eigenvalue weighted by Crippen LogP contribution is 2.15. The fourth-order valence-corrected chi connectivity index (χ4v) is 4.06. The summed E-state index contributed by atoms with van der Waals surface area (Å²) in [4.78, 5) is 0. The summed E-state index contributed by atoms with van der Waals surface area (Å²) < 4.78 is 12.3. The summed E-state index contributed by atoms with van der Waals surface area (Å²) in [7, 11) is 0. The van der Waals surface area contributed by atoms with E-state index in [2.05, 4.69) is 32.6 Å². The van der Waals surface area contributed by atoms with Crippen LogP contribution in [-0.4, -0.2) is 19.5 Å². The Morgan fingerprint density at radius 3 is 1.50 bits per heavy atom. The van der Waals surface area contributed by atoms with E-state index >= 15 is 0 Å². The van der Waals surface area contributed by atoms with E-state index in [0.29, 0.717) is 0 Å². The van der Waals surface area contributed by atoms with Gasteiger partial charge in [0.1, 0.15) is 0 Å². The van der Waals surface area contributed by atoms with Crippen LogP contribution in [0.25, 0.3) is 0 Å². The predicted octanol–water partition coefficient (Wildman–Crippen LogP) is 10.3. The fraction of sp³-hybridized carbons (Fsp3) is 0.867. The van der Waals surface area contributed by atoms with Crippen LogP contribution in [0.5, 0.6) is 0 Å². The molecule has 0 aromatic carbocycles.